The second-order valence-electron chi connectivity index (χ2n) is 4.31. The molecule has 5 nitrogen and oxygen atoms in total. The van der Waals surface area contributed by atoms with E-state index in [2.05, 4.69) is 37.7 Å². The second kappa shape index (κ2) is 8.98. The van der Waals surface area contributed by atoms with Gasteiger partial charge in [0.25, 0.3) is 0 Å². The van der Waals surface area contributed by atoms with Crippen molar-refractivity contribution in [2.45, 2.75) is 6.54 Å². The number of ether oxygens (including phenoxy) is 1. The van der Waals surface area contributed by atoms with Crippen molar-refractivity contribution in [3.63, 3.8) is 0 Å². The molecule has 0 atom stereocenters. The van der Waals surface area contributed by atoms with Crippen LogP contribution in [0.1, 0.15) is 11.3 Å². The molecule has 0 aliphatic carbocycles. The maximum absolute atomic E-state index is 5.46. The van der Waals surface area contributed by atoms with Gasteiger partial charge in [-0.25, -0.2) is 0 Å². The highest BCUT2D eigenvalue weighted by Gasteiger charge is 2.02. The molecule has 0 amide bonds. The van der Waals surface area contributed by atoms with Crippen LogP contribution in [-0.2, 0) is 6.54 Å². The first-order chi connectivity index (χ1) is 11.2. The summed E-state index contributed by atoms with van der Waals surface area (Å²) in [4.78, 5) is 0. The zero-order chi connectivity index (χ0) is 16.5. The summed E-state index contributed by atoms with van der Waals surface area (Å²) in [5.74, 6) is 3.86. The van der Waals surface area contributed by atoms with Crippen LogP contribution in [0.15, 0.2) is 50.6 Å². The van der Waals surface area contributed by atoms with Crippen LogP contribution < -0.4 is 15.5 Å². The van der Waals surface area contributed by atoms with Crippen molar-refractivity contribution >= 4 is 39.5 Å². The number of nitrogens with one attached hydrogen (secondary N) is 2. The van der Waals surface area contributed by atoms with E-state index in [1.165, 1.54) is 0 Å². The Kier molecular flexibility index (Phi) is 6.66. The molecule has 0 saturated heterocycles. The molecular weight excluding hydrogens is 378 g/mol. The number of hydrazone groups is 1. The normalized spacial score (nSPS) is 10.3. The first-order valence-corrected chi connectivity index (χ1v) is 7.84. The van der Waals surface area contributed by atoms with Gasteiger partial charge >= 0.3 is 0 Å². The van der Waals surface area contributed by atoms with Crippen LogP contribution in [0.25, 0.3) is 0 Å². The molecule has 2 N–H and O–H groups in total. The third-order valence-electron chi connectivity index (χ3n) is 2.66. The predicted octanol–water partition coefficient (Wildman–Crippen LogP) is 3.05. The smallest absolute Gasteiger partial charge is 0.187 e. The molecule has 1 heterocycles. The summed E-state index contributed by atoms with van der Waals surface area (Å²) < 4.78 is 11.6. The van der Waals surface area contributed by atoms with Crippen molar-refractivity contribution in [3.05, 3.63) is 52.4 Å². The van der Waals surface area contributed by atoms with E-state index in [0.29, 0.717) is 17.4 Å². The molecular formula is C16H14BrN3O2S. The van der Waals surface area contributed by atoms with Gasteiger partial charge < -0.3 is 14.5 Å². The molecule has 2 aromatic rings. The van der Waals surface area contributed by atoms with Crippen molar-refractivity contribution in [1.29, 1.82) is 0 Å². The molecule has 0 unspecified atom stereocenters. The number of rotatable bonds is 6. The standard InChI is InChI=1S/C16H14BrN3O2S/c1-2-7-22-15-6-5-13(17)9-12(15)10-19-20-16(23)18-11-14-4-3-8-21-14/h1,3-6,8-10H,7,11H2,(H2,18,20,23)/b19-10-. The minimum Gasteiger partial charge on any atom is -0.480 e. The SMILES string of the molecule is C#CCOc1ccc(Br)cc1/C=N\NC(=S)NCc1ccco1. The molecule has 0 fully saturated rings. The minimum absolute atomic E-state index is 0.193. The maximum atomic E-state index is 5.46. The number of hydrogen-bond donors (Lipinski definition) is 2. The van der Waals surface area contributed by atoms with Crippen molar-refractivity contribution in [2.24, 2.45) is 5.10 Å². The van der Waals surface area contributed by atoms with Crippen LogP contribution >= 0.6 is 28.1 Å². The zero-order valence-electron chi connectivity index (χ0n) is 12.1. The fraction of sp³-hybridized carbons (Fsp3) is 0.125. The lowest BCUT2D eigenvalue weighted by atomic mass is 10.2. The van der Waals surface area contributed by atoms with Gasteiger partial charge in [0.05, 0.1) is 19.0 Å². The average Bonchev–Trinajstić information content (AvgIpc) is 3.05. The molecule has 0 saturated carbocycles. The second-order valence-corrected chi connectivity index (χ2v) is 5.63. The number of nitrogens with zero attached hydrogens (tertiary/aromatic N) is 1. The summed E-state index contributed by atoms with van der Waals surface area (Å²) in [7, 11) is 0. The van der Waals surface area contributed by atoms with Crippen molar-refractivity contribution in [1.82, 2.24) is 10.7 Å². The largest absolute Gasteiger partial charge is 0.480 e. The number of thiocarbonyl (C=S) groups is 1. The quantitative estimate of drug-likeness (QED) is 0.343. The molecule has 0 aliphatic heterocycles. The van der Waals surface area contributed by atoms with Gasteiger partial charge in [-0.05, 0) is 42.5 Å². The van der Waals surface area contributed by atoms with Crippen molar-refractivity contribution < 1.29 is 9.15 Å². The van der Waals surface area contributed by atoms with Gasteiger partial charge in [0.1, 0.15) is 18.1 Å². The van der Waals surface area contributed by atoms with Crippen LogP contribution in [-0.4, -0.2) is 17.9 Å². The van der Waals surface area contributed by atoms with Gasteiger partial charge in [-0.2, -0.15) is 5.10 Å². The lowest BCUT2D eigenvalue weighted by molar-refractivity contribution is 0.370. The Hall–Kier alpha value is -2.30. The fourth-order valence-electron chi connectivity index (χ4n) is 1.65. The van der Waals surface area contributed by atoms with Crippen LogP contribution in [0.5, 0.6) is 5.75 Å². The lowest BCUT2D eigenvalue weighted by Gasteiger charge is -2.07. The fourth-order valence-corrected chi connectivity index (χ4v) is 2.16. The molecule has 7 heteroatoms. The Morgan fingerprint density at radius 2 is 2.35 bits per heavy atom. The average molecular weight is 392 g/mol. The Bertz CT molecular complexity index is 723. The van der Waals surface area contributed by atoms with Crippen LogP contribution in [0.2, 0.25) is 0 Å². The number of furan rings is 1. The lowest BCUT2D eigenvalue weighted by Crippen LogP contribution is -2.31. The Balaban J connectivity index is 1.90. The van der Waals surface area contributed by atoms with E-state index in [1.807, 2.05) is 30.3 Å². The Labute approximate surface area is 148 Å². The molecule has 0 radical (unpaired) electrons. The van der Waals surface area contributed by atoms with E-state index in [9.17, 15) is 0 Å². The van der Waals surface area contributed by atoms with E-state index in [4.69, 9.17) is 27.8 Å². The maximum Gasteiger partial charge on any atom is 0.187 e. The topological polar surface area (TPSA) is 58.8 Å². The summed E-state index contributed by atoms with van der Waals surface area (Å²) in [6.07, 6.45) is 8.42. The molecule has 23 heavy (non-hydrogen) atoms. The summed E-state index contributed by atoms with van der Waals surface area (Å²) in [5.41, 5.74) is 3.51. The van der Waals surface area contributed by atoms with Crippen molar-refractivity contribution in [2.75, 3.05) is 6.61 Å². The highest BCUT2D eigenvalue weighted by molar-refractivity contribution is 9.10. The summed E-state index contributed by atoms with van der Waals surface area (Å²) in [5, 5.41) is 7.45. The van der Waals surface area contributed by atoms with E-state index >= 15 is 0 Å². The van der Waals surface area contributed by atoms with E-state index in [0.717, 1.165) is 15.8 Å². The van der Waals surface area contributed by atoms with Gasteiger partial charge in [-0.3, -0.25) is 5.43 Å². The summed E-state index contributed by atoms with van der Waals surface area (Å²) in [6, 6.07) is 9.23. The van der Waals surface area contributed by atoms with Crippen LogP contribution in [0.3, 0.4) is 0 Å². The number of benzene rings is 1. The van der Waals surface area contributed by atoms with Crippen molar-refractivity contribution in [3.8, 4) is 18.1 Å². The minimum atomic E-state index is 0.193. The van der Waals surface area contributed by atoms with Gasteiger partial charge in [0, 0.05) is 10.0 Å². The first kappa shape index (κ1) is 17.1. The molecule has 118 valence electrons. The molecule has 0 aliphatic rings. The number of hydrogen-bond acceptors (Lipinski definition) is 4. The number of halogens is 1. The van der Waals surface area contributed by atoms with E-state index in [-0.39, 0.29) is 6.61 Å². The van der Waals surface area contributed by atoms with Crippen LogP contribution in [0.4, 0.5) is 0 Å². The Morgan fingerprint density at radius 3 is 3.09 bits per heavy atom. The monoisotopic (exact) mass is 391 g/mol. The molecule has 0 bridgehead atoms. The predicted molar refractivity (Wildman–Crippen MR) is 97.3 cm³/mol. The zero-order valence-corrected chi connectivity index (χ0v) is 14.5. The van der Waals surface area contributed by atoms with Gasteiger partial charge in [-0.15, -0.1) is 6.42 Å². The first-order valence-electron chi connectivity index (χ1n) is 6.64. The third-order valence-corrected chi connectivity index (χ3v) is 3.38. The molecule has 0 spiro atoms. The highest BCUT2D eigenvalue weighted by Crippen LogP contribution is 2.21. The molecule has 1 aromatic carbocycles. The Morgan fingerprint density at radius 1 is 1.48 bits per heavy atom. The summed E-state index contributed by atoms with van der Waals surface area (Å²) >= 11 is 8.53. The van der Waals surface area contributed by atoms with Crippen LogP contribution in [0, 0.1) is 12.3 Å². The number of terminal acetylenes is 1. The van der Waals surface area contributed by atoms with Gasteiger partial charge in [0.2, 0.25) is 0 Å². The van der Waals surface area contributed by atoms with E-state index < -0.39 is 0 Å². The molecule has 1 aromatic heterocycles. The summed E-state index contributed by atoms with van der Waals surface area (Å²) in [6.45, 7) is 0.681. The van der Waals surface area contributed by atoms with E-state index in [1.54, 1.807) is 12.5 Å². The van der Waals surface area contributed by atoms with Gasteiger partial charge in [-0.1, -0.05) is 21.9 Å². The highest BCUT2D eigenvalue weighted by atomic mass is 79.9. The molecule has 2 rings (SSSR count). The third kappa shape index (κ3) is 5.77. The van der Waals surface area contributed by atoms with Gasteiger partial charge in [0.15, 0.2) is 5.11 Å².